The van der Waals surface area contributed by atoms with Gasteiger partial charge < -0.3 is 10.1 Å². The summed E-state index contributed by atoms with van der Waals surface area (Å²) in [4.78, 5) is 12.1. The zero-order valence-corrected chi connectivity index (χ0v) is 8.61. The van der Waals surface area contributed by atoms with Crippen molar-refractivity contribution in [2.75, 3.05) is 13.2 Å². The van der Waals surface area contributed by atoms with E-state index >= 15 is 0 Å². The summed E-state index contributed by atoms with van der Waals surface area (Å²) in [6, 6.07) is 1.82. The zero-order chi connectivity index (χ0) is 9.68. The van der Waals surface area contributed by atoms with E-state index in [1.165, 1.54) is 11.3 Å². The van der Waals surface area contributed by atoms with Gasteiger partial charge in [0.2, 0.25) is 0 Å². The molecule has 72 valence electrons. The van der Waals surface area contributed by atoms with Crippen molar-refractivity contribution < 1.29 is 9.53 Å². The van der Waals surface area contributed by atoms with E-state index in [2.05, 4.69) is 5.32 Å². The molecule has 1 N–H and O–H groups in total. The lowest BCUT2D eigenvalue weighted by Crippen LogP contribution is -2.22. The number of carbonyl (C=O) groups is 1. The van der Waals surface area contributed by atoms with Crippen molar-refractivity contribution >= 4 is 17.2 Å². The van der Waals surface area contributed by atoms with Gasteiger partial charge in [0.05, 0.1) is 6.61 Å². The molecule has 0 bridgehead atoms. The van der Waals surface area contributed by atoms with Gasteiger partial charge in [-0.25, -0.2) is 0 Å². The summed E-state index contributed by atoms with van der Waals surface area (Å²) in [5, 5.41) is 4.59. The molecule has 13 heavy (non-hydrogen) atoms. The second kappa shape index (κ2) is 4.87. The lowest BCUT2D eigenvalue weighted by atomic mass is 10.4. The Bertz CT molecular complexity index is 283. The monoisotopic (exact) mass is 199 g/mol. The number of ether oxygens (including phenoxy) is 1. The molecule has 4 heteroatoms. The topological polar surface area (TPSA) is 38.3 Å². The highest BCUT2D eigenvalue weighted by molar-refractivity contribution is 7.12. The third-order valence-electron chi connectivity index (χ3n) is 1.47. The molecule has 3 nitrogen and oxygen atoms in total. The number of amides is 1. The summed E-state index contributed by atoms with van der Waals surface area (Å²) in [5.41, 5.74) is 0. The molecule has 1 amide bonds. The quantitative estimate of drug-likeness (QED) is 0.804. The molecule has 1 aromatic heterocycles. The van der Waals surface area contributed by atoms with Gasteiger partial charge in [0.15, 0.2) is 0 Å². The molecule has 0 spiro atoms. The first-order chi connectivity index (χ1) is 6.29. The lowest BCUT2D eigenvalue weighted by molar-refractivity contribution is 0.0956. The molecule has 0 aromatic carbocycles. The first-order valence-corrected chi connectivity index (χ1v) is 5.16. The molecule has 1 aromatic rings. The summed E-state index contributed by atoms with van der Waals surface area (Å²) < 4.78 is 5.29. The minimum atomic E-state index is -0.0547. The van der Waals surface area contributed by atoms with Gasteiger partial charge in [0, 0.05) is 6.54 Å². The number of rotatable bonds is 4. The highest BCUT2D eigenvalue weighted by Crippen LogP contribution is 2.24. The van der Waals surface area contributed by atoms with Crippen molar-refractivity contribution in [2.45, 2.75) is 13.8 Å². The van der Waals surface area contributed by atoms with Gasteiger partial charge in [-0.2, -0.15) is 0 Å². The van der Waals surface area contributed by atoms with E-state index in [0.29, 0.717) is 23.8 Å². The van der Waals surface area contributed by atoms with E-state index < -0.39 is 0 Å². The molecule has 0 saturated heterocycles. The van der Waals surface area contributed by atoms with Crippen molar-refractivity contribution in [1.29, 1.82) is 0 Å². The summed E-state index contributed by atoms with van der Waals surface area (Å²) in [7, 11) is 0. The number of hydrogen-bond acceptors (Lipinski definition) is 3. The normalized spacial score (nSPS) is 9.69. The van der Waals surface area contributed by atoms with E-state index in [9.17, 15) is 4.79 Å². The number of thiophene rings is 1. The molecule has 1 rings (SSSR count). The van der Waals surface area contributed by atoms with Crippen LogP contribution in [0, 0.1) is 0 Å². The van der Waals surface area contributed by atoms with E-state index in [1.54, 1.807) is 0 Å². The minimum absolute atomic E-state index is 0.0547. The first-order valence-electron chi connectivity index (χ1n) is 4.28. The van der Waals surface area contributed by atoms with Crippen LogP contribution in [0.4, 0.5) is 0 Å². The van der Waals surface area contributed by atoms with Crippen LogP contribution in [0.1, 0.15) is 23.5 Å². The maximum absolute atomic E-state index is 11.4. The maximum Gasteiger partial charge on any atom is 0.265 e. The second-order valence-electron chi connectivity index (χ2n) is 2.41. The fourth-order valence-corrected chi connectivity index (χ4v) is 1.72. The highest BCUT2D eigenvalue weighted by Gasteiger charge is 2.12. The molecule has 0 radical (unpaired) electrons. The molecule has 1 heterocycles. The summed E-state index contributed by atoms with van der Waals surface area (Å²) in [6.45, 7) is 5.02. The number of nitrogens with one attached hydrogen (secondary N) is 1. The van der Waals surface area contributed by atoms with E-state index in [1.807, 2.05) is 25.3 Å². The molecule has 0 saturated carbocycles. The molecule has 0 fully saturated rings. The Morgan fingerprint density at radius 3 is 3.00 bits per heavy atom. The van der Waals surface area contributed by atoms with Crippen LogP contribution in [0.15, 0.2) is 11.4 Å². The molecule has 0 aliphatic carbocycles. The van der Waals surface area contributed by atoms with E-state index in [4.69, 9.17) is 4.74 Å². The van der Waals surface area contributed by atoms with Crippen molar-refractivity contribution in [1.82, 2.24) is 5.32 Å². The molecule has 0 aliphatic rings. The van der Waals surface area contributed by atoms with Crippen molar-refractivity contribution in [2.24, 2.45) is 0 Å². The Morgan fingerprint density at radius 1 is 1.62 bits per heavy atom. The van der Waals surface area contributed by atoms with Gasteiger partial charge in [-0.1, -0.05) is 0 Å². The van der Waals surface area contributed by atoms with Gasteiger partial charge in [-0.3, -0.25) is 4.79 Å². The Hall–Kier alpha value is -1.03. The van der Waals surface area contributed by atoms with Gasteiger partial charge in [-0.15, -0.1) is 11.3 Å². The van der Waals surface area contributed by atoms with E-state index in [-0.39, 0.29) is 5.91 Å². The smallest absolute Gasteiger partial charge is 0.265 e. The molecular weight excluding hydrogens is 186 g/mol. The van der Waals surface area contributed by atoms with Gasteiger partial charge >= 0.3 is 0 Å². The van der Waals surface area contributed by atoms with E-state index in [0.717, 1.165) is 0 Å². The molecule has 0 aliphatic heterocycles. The maximum atomic E-state index is 11.4. The van der Waals surface area contributed by atoms with Crippen molar-refractivity contribution in [3.05, 3.63) is 16.3 Å². The van der Waals surface area contributed by atoms with Gasteiger partial charge in [0.1, 0.15) is 10.6 Å². The van der Waals surface area contributed by atoms with Crippen LogP contribution >= 0.6 is 11.3 Å². The Kier molecular flexibility index (Phi) is 3.76. The van der Waals surface area contributed by atoms with Crippen LogP contribution in [0.2, 0.25) is 0 Å². The predicted octanol–water partition coefficient (Wildman–Crippen LogP) is 1.90. The molecule has 0 unspecified atom stereocenters. The van der Waals surface area contributed by atoms with Crippen LogP contribution in [0.5, 0.6) is 5.75 Å². The first kappa shape index (κ1) is 10.1. The zero-order valence-electron chi connectivity index (χ0n) is 7.79. The third kappa shape index (κ3) is 2.45. The summed E-state index contributed by atoms with van der Waals surface area (Å²) in [5.74, 6) is 0.624. The van der Waals surface area contributed by atoms with Crippen LogP contribution in [-0.4, -0.2) is 19.1 Å². The van der Waals surface area contributed by atoms with Crippen molar-refractivity contribution in [3.63, 3.8) is 0 Å². The highest BCUT2D eigenvalue weighted by atomic mass is 32.1. The van der Waals surface area contributed by atoms with Gasteiger partial charge in [0.25, 0.3) is 5.91 Å². The second-order valence-corrected chi connectivity index (χ2v) is 3.32. The minimum Gasteiger partial charge on any atom is -0.492 e. The average molecular weight is 199 g/mol. The fourth-order valence-electron chi connectivity index (χ4n) is 0.973. The molecule has 0 atom stereocenters. The summed E-state index contributed by atoms with van der Waals surface area (Å²) in [6.07, 6.45) is 0. The van der Waals surface area contributed by atoms with Crippen LogP contribution in [0.25, 0.3) is 0 Å². The fraction of sp³-hybridized carbons (Fsp3) is 0.444. The largest absolute Gasteiger partial charge is 0.492 e. The van der Waals surface area contributed by atoms with Crippen LogP contribution < -0.4 is 10.1 Å². The third-order valence-corrected chi connectivity index (χ3v) is 2.37. The average Bonchev–Trinajstić information content (AvgIpc) is 2.54. The van der Waals surface area contributed by atoms with Gasteiger partial charge in [-0.05, 0) is 25.3 Å². The summed E-state index contributed by atoms with van der Waals surface area (Å²) >= 11 is 1.40. The lowest BCUT2D eigenvalue weighted by Gasteiger charge is -2.03. The standard InChI is InChI=1S/C9H13NO2S/c1-3-10-9(11)8-7(12-4-2)5-6-13-8/h5-6H,3-4H2,1-2H3,(H,10,11). The predicted molar refractivity (Wildman–Crippen MR) is 53.5 cm³/mol. The van der Waals surface area contributed by atoms with Crippen LogP contribution in [-0.2, 0) is 0 Å². The Labute approximate surface area is 81.7 Å². The molecular formula is C9H13NO2S. The van der Waals surface area contributed by atoms with Crippen molar-refractivity contribution in [3.8, 4) is 5.75 Å². The Balaban J connectivity index is 2.74. The number of hydrogen-bond donors (Lipinski definition) is 1. The van der Waals surface area contributed by atoms with Crippen LogP contribution in [0.3, 0.4) is 0 Å². The Morgan fingerprint density at radius 2 is 2.38 bits per heavy atom. The number of carbonyl (C=O) groups excluding carboxylic acids is 1. The SMILES string of the molecule is CCNC(=O)c1sccc1OCC.